The smallest absolute Gasteiger partial charge is 0.405 e. The van der Waals surface area contributed by atoms with E-state index in [9.17, 15) is 9.90 Å². The second-order valence-corrected chi connectivity index (χ2v) is 7.18. The van der Waals surface area contributed by atoms with Crippen LogP contribution in [0.3, 0.4) is 0 Å². The van der Waals surface area contributed by atoms with Crippen molar-refractivity contribution in [1.29, 1.82) is 0 Å². The molecule has 1 aromatic heterocycles. The maximum Gasteiger partial charge on any atom is 0.405 e. The predicted molar refractivity (Wildman–Crippen MR) is 119 cm³/mol. The van der Waals surface area contributed by atoms with Crippen LogP contribution in [0.25, 0.3) is 22.0 Å². The van der Waals surface area contributed by atoms with Crippen LogP contribution in [0.1, 0.15) is 31.0 Å². The third kappa shape index (κ3) is 5.68. The molecule has 0 bridgehead atoms. The first-order chi connectivity index (χ1) is 14.1. The lowest BCUT2D eigenvalue weighted by Gasteiger charge is -2.15. The molecule has 0 aliphatic rings. The molecular formula is C21H25N5O2S. The Labute approximate surface area is 174 Å². The number of nitrogens with zero attached hydrogens (tertiary/aromatic N) is 1. The van der Waals surface area contributed by atoms with Gasteiger partial charge in [-0.3, -0.25) is 5.10 Å². The molecule has 0 aliphatic carbocycles. The van der Waals surface area contributed by atoms with Gasteiger partial charge in [0.05, 0.1) is 17.4 Å². The molecule has 1 amide bonds. The van der Waals surface area contributed by atoms with E-state index in [1.165, 1.54) is 5.39 Å². The van der Waals surface area contributed by atoms with Crippen molar-refractivity contribution < 1.29 is 9.90 Å². The molecule has 8 heteroatoms. The molecule has 0 saturated carbocycles. The molecule has 1 atom stereocenters. The zero-order valence-electron chi connectivity index (χ0n) is 16.2. The third-order valence-corrected chi connectivity index (χ3v) is 5.10. The molecule has 3 rings (SSSR count). The number of hydrogen-bond donors (Lipinski definition) is 5. The Morgan fingerprint density at radius 3 is 2.72 bits per heavy atom. The van der Waals surface area contributed by atoms with Crippen LogP contribution in [0.15, 0.2) is 48.5 Å². The number of rotatable bonds is 8. The van der Waals surface area contributed by atoms with Crippen LogP contribution in [-0.2, 0) is 0 Å². The molecule has 7 nitrogen and oxygen atoms in total. The van der Waals surface area contributed by atoms with Crippen molar-refractivity contribution in [2.75, 3.05) is 13.6 Å². The number of fused-ring (bicyclic) bond motifs is 1. The zero-order valence-corrected chi connectivity index (χ0v) is 17.1. The molecule has 3 aromatic rings. The van der Waals surface area contributed by atoms with E-state index in [1.54, 1.807) is 7.05 Å². The van der Waals surface area contributed by atoms with Crippen LogP contribution < -0.4 is 16.0 Å². The van der Waals surface area contributed by atoms with Gasteiger partial charge in [0, 0.05) is 19.2 Å². The van der Waals surface area contributed by atoms with Gasteiger partial charge in [-0.15, -0.1) is 0 Å². The summed E-state index contributed by atoms with van der Waals surface area (Å²) in [5, 5.41) is 28.1. The van der Waals surface area contributed by atoms with E-state index in [1.807, 2.05) is 24.3 Å². The van der Waals surface area contributed by atoms with Gasteiger partial charge in [0.1, 0.15) is 0 Å². The van der Waals surface area contributed by atoms with Gasteiger partial charge in [-0.25, -0.2) is 4.79 Å². The van der Waals surface area contributed by atoms with Crippen molar-refractivity contribution in [3.63, 3.8) is 0 Å². The number of carboxylic acid groups (broad SMARTS) is 1. The minimum absolute atomic E-state index is 0.342. The molecule has 5 N–H and O–H groups in total. The fourth-order valence-electron chi connectivity index (χ4n) is 3.23. The number of nitrogens with one attached hydrogen (secondary N) is 4. The Balaban J connectivity index is 1.67. The summed E-state index contributed by atoms with van der Waals surface area (Å²) in [6, 6.07) is 15.9. The number of thiocarbonyl (C=S) groups is 1. The van der Waals surface area contributed by atoms with Gasteiger partial charge in [0.15, 0.2) is 5.11 Å². The first-order valence-corrected chi connectivity index (χ1v) is 9.97. The number of H-pyrrole nitrogens is 1. The monoisotopic (exact) mass is 411 g/mol. The Morgan fingerprint density at radius 2 is 1.97 bits per heavy atom. The molecule has 1 unspecified atom stereocenters. The van der Waals surface area contributed by atoms with E-state index in [-0.39, 0.29) is 6.04 Å². The van der Waals surface area contributed by atoms with Crippen LogP contribution in [0.2, 0.25) is 0 Å². The highest BCUT2D eigenvalue weighted by atomic mass is 32.1. The van der Waals surface area contributed by atoms with Crippen molar-refractivity contribution in [2.24, 2.45) is 0 Å². The summed E-state index contributed by atoms with van der Waals surface area (Å²) < 4.78 is 0. The number of aromatic amines is 1. The Hall–Kier alpha value is -3.13. The van der Waals surface area contributed by atoms with E-state index in [2.05, 4.69) is 50.4 Å². The lowest BCUT2D eigenvalue weighted by Crippen LogP contribution is -2.33. The maximum atomic E-state index is 11.2. The lowest BCUT2D eigenvalue weighted by molar-refractivity contribution is 0.188. The van der Waals surface area contributed by atoms with Crippen LogP contribution >= 0.6 is 12.2 Å². The maximum absolute atomic E-state index is 11.2. The average Bonchev–Trinajstić information content (AvgIpc) is 3.22. The van der Waals surface area contributed by atoms with Gasteiger partial charge in [-0.1, -0.05) is 36.4 Å². The SMILES string of the molecule is CNC(=S)NCCCCC(NC(=O)O)c1cc(-c2ccc3ccccc3c2)n[nH]1. The van der Waals surface area contributed by atoms with Crippen molar-refractivity contribution in [3.8, 4) is 11.3 Å². The van der Waals surface area contributed by atoms with Crippen molar-refractivity contribution in [3.05, 3.63) is 54.2 Å². The van der Waals surface area contributed by atoms with Crippen LogP contribution in [-0.4, -0.2) is 40.1 Å². The normalized spacial score (nSPS) is 11.8. The standard InChI is InChI=1S/C21H25N5O2S/c1-22-20(29)23-11-5-4-8-17(24-21(27)28)19-13-18(25-26-19)16-10-9-14-6-2-3-7-15(14)12-16/h2-3,6-7,9-10,12-13,17,24H,4-5,8,11H2,1H3,(H,25,26)(H,27,28)(H2,22,23,29). The van der Waals surface area contributed by atoms with E-state index in [0.717, 1.165) is 41.7 Å². The highest BCUT2D eigenvalue weighted by molar-refractivity contribution is 7.80. The lowest BCUT2D eigenvalue weighted by atomic mass is 10.0. The molecule has 2 aromatic carbocycles. The number of unbranched alkanes of at least 4 members (excludes halogenated alkanes) is 1. The predicted octanol–water partition coefficient (Wildman–Crippen LogP) is 3.80. The molecule has 0 saturated heterocycles. The summed E-state index contributed by atoms with van der Waals surface area (Å²) >= 11 is 5.04. The van der Waals surface area contributed by atoms with Gasteiger partial charge in [-0.2, -0.15) is 5.10 Å². The summed E-state index contributed by atoms with van der Waals surface area (Å²) in [5.41, 5.74) is 2.54. The topological polar surface area (TPSA) is 102 Å². The second-order valence-electron chi connectivity index (χ2n) is 6.77. The van der Waals surface area contributed by atoms with Crippen LogP contribution in [0, 0.1) is 0 Å². The Kier molecular flexibility index (Phi) is 7.02. The van der Waals surface area contributed by atoms with E-state index < -0.39 is 6.09 Å². The molecule has 152 valence electrons. The number of carbonyl (C=O) groups is 1. The highest BCUT2D eigenvalue weighted by Crippen LogP contribution is 2.26. The first-order valence-electron chi connectivity index (χ1n) is 9.56. The van der Waals surface area contributed by atoms with Crippen LogP contribution in [0.4, 0.5) is 4.79 Å². The van der Waals surface area contributed by atoms with Crippen molar-refractivity contribution in [2.45, 2.75) is 25.3 Å². The van der Waals surface area contributed by atoms with E-state index in [0.29, 0.717) is 11.5 Å². The molecular weight excluding hydrogens is 386 g/mol. The number of aromatic nitrogens is 2. The summed E-state index contributed by atoms with van der Waals surface area (Å²) in [6.07, 6.45) is 1.34. The molecule has 0 fully saturated rings. The van der Waals surface area contributed by atoms with Crippen LogP contribution in [0.5, 0.6) is 0 Å². The van der Waals surface area contributed by atoms with E-state index >= 15 is 0 Å². The quantitative estimate of drug-likeness (QED) is 0.285. The molecule has 0 aliphatic heterocycles. The minimum atomic E-state index is -1.05. The second kappa shape index (κ2) is 9.88. The molecule has 1 heterocycles. The van der Waals surface area contributed by atoms with Gasteiger partial charge >= 0.3 is 6.09 Å². The molecule has 29 heavy (non-hydrogen) atoms. The summed E-state index contributed by atoms with van der Waals surface area (Å²) in [5.74, 6) is 0. The zero-order chi connectivity index (χ0) is 20.6. The van der Waals surface area contributed by atoms with E-state index in [4.69, 9.17) is 12.2 Å². The summed E-state index contributed by atoms with van der Waals surface area (Å²) in [6.45, 7) is 0.741. The van der Waals surface area contributed by atoms with Gasteiger partial charge < -0.3 is 21.1 Å². The fourth-order valence-corrected chi connectivity index (χ4v) is 3.33. The number of benzene rings is 2. The van der Waals surface area contributed by atoms with Gasteiger partial charge in [0.2, 0.25) is 0 Å². The largest absolute Gasteiger partial charge is 0.465 e. The minimum Gasteiger partial charge on any atom is -0.465 e. The number of hydrogen-bond acceptors (Lipinski definition) is 3. The Bertz CT molecular complexity index is 988. The third-order valence-electron chi connectivity index (χ3n) is 4.75. The van der Waals surface area contributed by atoms with Crippen molar-refractivity contribution >= 4 is 34.2 Å². The van der Waals surface area contributed by atoms with Gasteiger partial charge in [0.25, 0.3) is 0 Å². The van der Waals surface area contributed by atoms with Crippen molar-refractivity contribution in [1.82, 2.24) is 26.1 Å². The molecule has 0 spiro atoms. The highest BCUT2D eigenvalue weighted by Gasteiger charge is 2.17. The summed E-state index contributed by atoms with van der Waals surface area (Å²) in [7, 11) is 1.77. The fraction of sp³-hybridized carbons (Fsp3) is 0.286. The summed E-state index contributed by atoms with van der Waals surface area (Å²) in [4.78, 5) is 11.2. The Morgan fingerprint density at radius 1 is 1.17 bits per heavy atom. The molecule has 0 radical (unpaired) electrons. The average molecular weight is 412 g/mol. The number of amides is 1. The van der Waals surface area contributed by atoms with Gasteiger partial charge in [-0.05, 0) is 54.4 Å². The first kappa shape index (κ1) is 20.6.